The third-order valence-electron chi connectivity index (χ3n) is 2.54. The number of carbonyl (C=O) groups is 1. The first-order chi connectivity index (χ1) is 10.3. The predicted molar refractivity (Wildman–Crippen MR) is 80.5 cm³/mol. The molecule has 22 heavy (non-hydrogen) atoms. The Balaban J connectivity index is 2.13. The minimum Gasteiger partial charge on any atom is -0.450 e. The fourth-order valence-corrected chi connectivity index (χ4v) is 2.03. The number of halogens is 5. The SMILES string of the molecule is O=C(/C=C/c1ccc(Br)o1)Nc1cc(C(F)(F)F)ccc1Cl. The zero-order valence-corrected chi connectivity index (χ0v) is 13.1. The van der Waals surface area contributed by atoms with Crippen LogP contribution in [0.15, 0.2) is 45.5 Å². The molecule has 3 nitrogen and oxygen atoms in total. The number of benzene rings is 1. The van der Waals surface area contributed by atoms with E-state index in [0.717, 1.165) is 24.3 Å². The molecule has 0 radical (unpaired) electrons. The number of hydrogen-bond donors (Lipinski definition) is 1. The molecule has 0 spiro atoms. The van der Waals surface area contributed by atoms with Gasteiger partial charge in [0.05, 0.1) is 16.3 Å². The number of rotatable bonds is 3. The molecular weight excluding hydrogens is 387 g/mol. The summed E-state index contributed by atoms with van der Waals surface area (Å²) in [6.45, 7) is 0. The Kier molecular flexibility index (Phi) is 4.97. The minimum absolute atomic E-state index is 0.00972. The molecule has 0 aliphatic rings. The standard InChI is InChI=1S/C14H8BrClF3NO2/c15-12-5-2-9(22-12)3-6-13(21)20-11-7-8(14(17,18)19)1-4-10(11)16/h1-7H,(H,20,21)/b6-3+. The van der Waals surface area contributed by atoms with E-state index >= 15 is 0 Å². The van der Waals surface area contributed by atoms with Crippen LogP contribution in [0.25, 0.3) is 6.08 Å². The van der Waals surface area contributed by atoms with E-state index in [1.54, 1.807) is 12.1 Å². The van der Waals surface area contributed by atoms with Crippen LogP contribution >= 0.6 is 27.5 Å². The smallest absolute Gasteiger partial charge is 0.416 e. The number of alkyl halides is 3. The Morgan fingerprint density at radius 3 is 2.59 bits per heavy atom. The average molecular weight is 395 g/mol. The van der Waals surface area contributed by atoms with E-state index in [9.17, 15) is 18.0 Å². The van der Waals surface area contributed by atoms with Gasteiger partial charge < -0.3 is 9.73 Å². The normalized spacial score (nSPS) is 11.9. The summed E-state index contributed by atoms with van der Waals surface area (Å²) in [5, 5.41) is 2.30. The van der Waals surface area contributed by atoms with Crippen LogP contribution in [0.5, 0.6) is 0 Å². The first-order valence-electron chi connectivity index (χ1n) is 5.87. The van der Waals surface area contributed by atoms with Gasteiger partial charge in [0, 0.05) is 6.08 Å². The second kappa shape index (κ2) is 6.58. The van der Waals surface area contributed by atoms with Gasteiger partial charge >= 0.3 is 6.18 Å². The van der Waals surface area contributed by atoms with Gasteiger partial charge in [-0.2, -0.15) is 13.2 Å². The zero-order valence-electron chi connectivity index (χ0n) is 10.7. The fourth-order valence-electron chi connectivity index (χ4n) is 1.55. The predicted octanol–water partition coefficient (Wildman–Crippen LogP) is 5.37. The molecule has 2 rings (SSSR count). The van der Waals surface area contributed by atoms with E-state index in [2.05, 4.69) is 21.2 Å². The maximum Gasteiger partial charge on any atom is 0.416 e. The molecule has 0 aliphatic heterocycles. The molecule has 8 heteroatoms. The lowest BCUT2D eigenvalue weighted by Crippen LogP contribution is -2.10. The van der Waals surface area contributed by atoms with Crippen molar-refractivity contribution in [3.8, 4) is 0 Å². The van der Waals surface area contributed by atoms with Crippen molar-refractivity contribution in [2.45, 2.75) is 6.18 Å². The second-order valence-electron chi connectivity index (χ2n) is 4.16. The summed E-state index contributed by atoms with van der Waals surface area (Å²) < 4.78 is 43.5. The van der Waals surface area contributed by atoms with Crippen LogP contribution in [-0.2, 0) is 11.0 Å². The number of nitrogens with one attached hydrogen (secondary N) is 1. The molecule has 1 N–H and O–H groups in total. The van der Waals surface area contributed by atoms with Crippen molar-refractivity contribution in [3.63, 3.8) is 0 Å². The second-order valence-corrected chi connectivity index (χ2v) is 5.35. The molecule has 0 fully saturated rings. The quantitative estimate of drug-likeness (QED) is 0.712. The average Bonchev–Trinajstić information content (AvgIpc) is 2.83. The van der Waals surface area contributed by atoms with Crippen molar-refractivity contribution in [2.24, 2.45) is 0 Å². The molecule has 1 amide bonds. The monoisotopic (exact) mass is 393 g/mol. The highest BCUT2D eigenvalue weighted by molar-refractivity contribution is 9.10. The lowest BCUT2D eigenvalue weighted by atomic mass is 10.2. The summed E-state index contributed by atoms with van der Waals surface area (Å²) in [6, 6.07) is 5.95. The van der Waals surface area contributed by atoms with Gasteiger partial charge in [-0.1, -0.05) is 11.6 Å². The molecule has 1 aromatic carbocycles. The van der Waals surface area contributed by atoms with E-state index in [0.29, 0.717) is 10.4 Å². The van der Waals surface area contributed by atoms with E-state index in [4.69, 9.17) is 16.0 Å². The van der Waals surface area contributed by atoms with Crippen molar-refractivity contribution >= 4 is 45.2 Å². The van der Waals surface area contributed by atoms with Gasteiger partial charge in [0.2, 0.25) is 5.91 Å². The van der Waals surface area contributed by atoms with E-state index in [1.807, 2.05) is 0 Å². The maximum absolute atomic E-state index is 12.6. The Hall–Kier alpha value is -1.73. The van der Waals surface area contributed by atoms with Crippen molar-refractivity contribution in [1.29, 1.82) is 0 Å². The molecule has 0 atom stereocenters. The van der Waals surface area contributed by atoms with Crippen LogP contribution in [0.1, 0.15) is 11.3 Å². The first-order valence-corrected chi connectivity index (χ1v) is 7.04. The van der Waals surface area contributed by atoms with Crippen LogP contribution < -0.4 is 5.32 Å². The molecule has 116 valence electrons. The molecule has 0 aliphatic carbocycles. The zero-order chi connectivity index (χ0) is 16.3. The Bertz CT molecular complexity index is 725. The highest BCUT2D eigenvalue weighted by atomic mass is 79.9. The molecule has 1 aromatic heterocycles. The summed E-state index contributed by atoms with van der Waals surface area (Å²) in [5.74, 6) is -0.217. The van der Waals surface area contributed by atoms with Crippen LogP contribution in [-0.4, -0.2) is 5.91 Å². The van der Waals surface area contributed by atoms with Gasteiger partial charge in [-0.3, -0.25) is 4.79 Å². The Morgan fingerprint density at radius 1 is 1.27 bits per heavy atom. The summed E-state index contributed by atoms with van der Waals surface area (Å²) in [7, 11) is 0. The largest absolute Gasteiger partial charge is 0.450 e. The first kappa shape index (κ1) is 16.6. The lowest BCUT2D eigenvalue weighted by Gasteiger charge is -2.10. The van der Waals surface area contributed by atoms with E-state index in [1.165, 1.54) is 6.08 Å². The van der Waals surface area contributed by atoms with Crippen LogP contribution in [0, 0.1) is 0 Å². The summed E-state index contributed by atoms with van der Waals surface area (Å²) in [6.07, 6.45) is -2.01. The third kappa shape index (κ3) is 4.38. The summed E-state index contributed by atoms with van der Waals surface area (Å²) in [4.78, 5) is 11.7. The number of furan rings is 1. The van der Waals surface area contributed by atoms with Gasteiger partial charge in [-0.15, -0.1) is 0 Å². The molecule has 0 bridgehead atoms. The van der Waals surface area contributed by atoms with Gasteiger partial charge in [0.15, 0.2) is 4.67 Å². The van der Waals surface area contributed by atoms with Crippen molar-refractivity contribution in [2.75, 3.05) is 5.32 Å². The number of hydrogen-bond acceptors (Lipinski definition) is 2. The Morgan fingerprint density at radius 2 is 2.00 bits per heavy atom. The number of anilines is 1. The summed E-state index contributed by atoms with van der Waals surface area (Å²) >= 11 is 8.88. The molecule has 1 heterocycles. The van der Waals surface area contributed by atoms with Gasteiger partial charge in [0.1, 0.15) is 5.76 Å². The van der Waals surface area contributed by atoms with Crippen molar-refractivity contribution < 1.29 is 22.4 Å². The molecule has 2 aromatic rings. The van der Waals surface area contributed by atoms with Crippen molar-refractivity contribution in [1.82, 2.24) is 0 Å². The molecule has 0 unspecified atom stereocenters. The van der Waals surface area contributed by atoms with Gasteiger partial charge in [-0.25, -0.2) is 0 Å². The number of carbonyl (C=O) groups excluding carboxylic acids is 1. The summed E-state index contributed by atoms with van der Waals surface area (Å²) in [5.41, 5.74) is -1.02. The van der Waals surface area contributed by atoms with Crippen LogP contribution in [0.3, 0.4) is 0 Å². The highest BCUT2D eigenvalue weighted by Gasteiger charge is 2.31. The topological polar surface area (TPSA) is 42.2 Å². The maximum atomic E-state index is 12.6. The highest BCUT2D eigenvalue weighted by Crippen LogP contribution is 2.33. The molecule has 0 saturated carbocycles. The molecule has 0 saturated heterocycles. The van der Waals surface area contributed by atoms with Gasteiger partial charge in [0.25, 0.3) is 0 Å². The molecular formula is C14H8BrClF3NO2. The fraction of sp³-hybridized carbons (Fsp3) is 0.0714. The van der Waals surface area contributed by atoms with Crippen molar-refractivity contribution in [3.05, 3.63) is 57.4 Å². The van der Waals surface area contributed by atoms with Gasteiger partial charge in [-0.05, 0) is 52.3 Å². The van der Waals surface area contributed by atoms with E-state index in [-0.39, 0.29) is 10.7 Å². The van der Waals surface area contributed by atoms with Crippen LogP contribution in [0.2, 0.25) is 5.02 Å². The lowest BCUT2D eigenvalue weighted by molar-refractivity contribution is -0.137. The Labute approximate surface area is 136 Å². The number of amides is 1. The van der Waals surface area contributed by atoms with Crippen LogP contribution in [0.4, 0.5) is 18.9 Å². The minimum atomic E-state index is -4.51. The van der Waals surface area contributed by atoms with E-state index < -0.39 is 17.6 Å². The third-order valence-corrected chi connectivity index (χ3v) is 3.30.